The van der Waals surface area contributed by atoms with Gasteiger partial charge in [0.2, 0.25) is 0 Å². The zero-order valence-corrected chi connectivity index (χ0v) is 8.29. The average molecular weight is 176 g/mol. The van der Waals surface area contributed by atoms with Gasteiger partial charge < -0.3 is 4.90 Å². The van der Waals surface area contributed by atoms with Gasteiger partial charge in [-0.25, -0.2) is 0 Å². The van der Waals surface area contributed by atoms with E-state index in [1.165, 1.54) is 0 Å². The molecule has 1 radical (unpaired) electrons. The highest BCUT2D eigenvalue weighted by Gasteiger charge is 2.10. The van der Waals surface area contributed by atoms with Gasteiger partial charge in [-0.1, -0.05) is 19.1 Å². The summed E-state index contributed by atoms with van der Waals surface area (Å²) in [6.07, 6.45) is 0.867. The Bertz CT molecular complexity index is 305. The largest absolute Gasteiger partial charge is 0.345 e. The summed E-state index contributed by atoms with van der Waals surface area (Å²) < 4.78 is 0. The molecule has 0 bridgehead atoms. The van der Waals surface area contributed by atoms with Crippen molar-refractivity contribution < 1.29 is 4.79 Å². The highest BCUT2D eigenvalue weighted by molar-refractivity contribution is 5.95. The molecule has 0 atom stereocenters. The van der Waals surface area contributed by atoms with Crippen molar-refractivity contribution in [2.45, 2.75) is 13.3 Å². The van der Waals surface area contributed by atoms with E-state index in [9.17, 15) is 4.79 Å². The van der Waals surface area contributed by atoms with E-state index in [-0.39, 0.29) is 5.91 Å². The fourth-order valence-electron chi connectivity index (χ4n) is 1.21. The van der Waals surface area contributed by atoms with Gasteiger partial charge in [0.05, 0.1) is 0 Å². The number of rotatable bonds is 2. The lowest BCUT2D eigenvalue weighted by molar-refractivity contribution is 0.0826. The first-order valence-corrected chi connectivity index (χ1v) is 4.37. The summed E-state index contributed by atoms with van der Waals surface area (Å²) in [4.78, 5) is 13.2. The van der Waals surface area contributed by atoms with E-state index in [0.29, 0.717) is 0 Å². The highest BCUT2D eigenvalue weighted by Crippen LogP contribution is 2.10. The van der Waals surface area contributed by atoms with Crippen LogP contribution in [0.2, 0.25) is 0 Å². The molecule has 0 unspecified atom stereocenters. The summed E-state index contributed by atoms with van der Waals surface area (Å²) in [5, 5.41) is 0. The molecule has 1 aromatic carbocycles. The number of nitrogens with zero attached hydrogens (tertiary/aromatic N) is 1. The minimum atomic E-state index is 0.0610. The Balaban J connectivity index is 3.06. The van der Waals surface area contributed by atoms with Gasteiger partial charge in [0.15, 0.2) is 0 Å². The van der Waals surface area contributed by atoms with Crippen LogP contribution in [0.15, 0.2) is 18.2 Å². The van der Waals surface area contributed by atoms with Crippen LogP contribution < -0.4 is 0 Å². The van der Waals surface area contributed by atoms with Gasteiger partial charge in [-0.3, -0.25) is 4.79 Å². The minimum Gasteiger partial charge on any atom is -0.345 e. The van der Waals surface area contributed by atoms with E-state index in [0.717, 1.165) is 17.5 Å². The molecule has 1 amide bonds. The van der Waals surface area contributed by atoms with Crippen LogP contribution in [0.4, 0.5) is 0 Å². The molecule has 0 saturated heterocycles. The number of hydrogen-bond donors (Lipinski definition) is 0. The van der Waals surface area contributed by atoms with Crippen molar-refractivity contribution in [3.05, 3.63) is 35.4 Å². The van der Waals surface area contributed by atoms with E-state index >= 15 is 0 Å². The van der Waals surface area contributed by atoms with Gasteiger partial charge in [-0.15, -0.1) is 0 Å². The summed E-state index contributed by atoms with van der Waals surface area (Å²) in [5.74, 6) is 0.0610. The third-order valence-corrected chi connectivity index (χ3v) is 1.97. The van der Waals surface area contributed by atoms with Crippen molar-refractivity contribution >= 4 is 5.91 Å². The molecule has 0 aliphatic rings. The second-order valence-corrected chi connectivity index (χ2v) is 3.14. The molecule has 2 heteroatoms. The number of hydrogen-bond acceptors (Lipinski definition) is 1. The molecule has 0 N–H and O–H groups in total. The van der Waals surface area contributed by atoms with Crippen LogP contribution in [-0.2, 0) is 6.42 Å². The van der Waals surface area contributed by atoms with Crippen molar-refractivity contribution in [3.8, 4) is 0 Å². The maximum absolute atomic E-state index is 11.6. The van der Waals surface area contributed by atoms with Crippen LogP contribution in [0.5, 0.6) is 0 Å². The fraction of sp³-hybridized carbons (Fsp3) is 0.364. The van der Waals surface area contributed by atoms with Crippen LogP contribution in [0, 0.1) is 6.07 Å². The standard InChI is InChI=1S/C11H14NO/c1-4-9-7-5-6-8-10(9)11(13)12(2)3/h6-8H,4H2,1-3H3. The molecule has 1 aromatic rings. The van der Waals surface area contributed by atoms with Gasteiger partial charge >= 0.3 is 0 Å². The summed E-state index contributed by atoms with van der Waals surface area (Å²) in [7, 11) is 3.52. The van der Waals surface area contributed by atoms with Crippen LogP contribution >= 0.6 is 0 Å². The molecule has 13 heavy (non-hydrogen) atoms. The van der Waals surface area contributed by atoms with Crippen molar-refractivity contribution in [1.82, 2.24) is 4.90 Å². The molecule has 0 heterocycles. The molecular formula is C11H14NO. The van der Waals surface area contributed by atoms with Gasteiger partial charge in [-0.2, -0.15) is 0 Å². The van der Waals surface area contributed by atoms with E-state index in [1.807, 2.05) is 19.1 Å². The molecular weight excluding hydrogens is 162 g/mol. The quantitative estimate of drug-likeness (QED) is 0.672. The molecule has 0 spiro atoms. The Labute approximate surface area is 79.2 Å². The molecule has 0 aliphatic heterocycles. The predicted octanol–water partition coefficient (Wildman–Crippen LogP) is 1.75. The summed E-state index contributed by atoms with van der Waals surface area (Å²) in [6.45, 7) is 2.04. The van der Waals surface area contributed by atoms with Crippen molar-refractivity contribution in [1.29, 1.82) is 0 Å². The Morgan fingerprint density at radius 2 is 2.23 bits per heavy atom. The molecule has 0 saturated carbocycles. The lowest BCUT2D eigenvalue weighted by Crippen LogP contribution is -2.22. The molecule has 69 valence electrons. The lowest BCUT2D eigenvalue weighted by Gasteiger charge is -2.12. The summed E-state index contributed by atoms with van der Waals surface area (Å²) in [6, 6.07) is 8.44. The molecule has 0 aliphatic carbocycles. The Morgan fingerprint density at radius 1 is 1.54 bits per heavy atom. The first-order chi connectivity index (χ1) is 6.16. The van der Waals surface area contributed by atoms with E-state index in [2.05, 4.69) is 6.07 Å². The number of amides is 1. The van der Waals surface area contributed by atoms with Crippen LogP contribution in [0.3, 0.4) is 0 Å². The first kappa shape index (κ1) is 9.78. The smallest absolute Gasteiger partial charge is 0.253 e. The molecule has 1 rings (SSSR count). The van der Waals surface area contributed by atoms with Gasteiger partial charge in [0.1, 0.15) is 0 Å². The number of aryl methyl sites for hydroxylation is 1. The second-order valence-electron chi connectivity index (χ2n) is 3.14. The number of carbonyl (C=O) groups excluding carboxylic acids is 1. The minimum absolute atomic E-state index is 0.0610. The van der Waals surface area contributed by atoms with E-state index < -0.39 is 0 Å². The number of benzene rings is 1. The van der Waals surface area contributed by atoms with Crippen molar-refractivity contribution in [2.24, 2.45) is 0 Å². The summed E-state index contributed by atoms with van der Waals surface area (Å²) >= 11 is 0. The second kappa shape index (κ2) is 4.08. The lowest BCUT2D eigenvalue weighted by atomic mass is 10.0. The van der Waals surface area contributed by atoms with Crippen LogP contribution in [0.1, 0.15) is 22.8 Å². The van der Waals surface area contributed by atoms with Gasteiger partial charge in [0.25, 0.3) is 5.91 Å². The van der Waals surface area contributed by atoms with Crippen LogP contribution in [-0.4, -0.2) is 24.9 Å². The van der Waals surface area contributed by atoms with Crippen LogP contribution in [0.25, 0.3) is 0 Å². The molecule has 0 fully saturated rings. The van der Waals surface area contributed by atoms with E-state index in [4.69, 9.17) is 0 Å². The predicted molar refractivity (Wildman–Crippen MR) is 52.7 cm³/mol. The maximum atomic E-state index is 11.6. The normalized spacial score (nSPS) is 9.77. The van der Waals surface area contributed by atoms with E-state index in [1.54, 1.807) is 25.1 Å². The van der Waals surface area contributed by atoms with Gasteiger partial charge in [-0.05, 0) is 24.1 Å². The van der Waals surface area contributed by atoms with Crippen molar-refractivity contribution in [2.75, 3.05) is 14.1 Å². The van der Waals surface area contributed by atoms with Crippen molar-refractivity contribution in [3.63, 3.8) is 0 Å². The maximum Gasteiger partial charge on any atom is 0.253 e. The SMILES string of the molecule is CCc1c[c]ccc1C(=O)N(C)C. The fourth-order valence-corrected chi connectivity index (χ4v) is 1.21. The Morgan fingerprint density at radius 3 is 2.77 bits per heavy atom. The Hall–Kier alpha value is -1.31. The third-order valence-electron chi connectivity index (χ3n) is 1.97. The Kier molecular flexibility index (Phi) is 3.07. The monoisotopic (exact) mass is 176 g/mol. The third kappa shape index (κ3) is 2.08. The number of carbonyl (C=O) groups is 1. The highest BCUT2D eigenvalue weighted by atomic mass is 16.2. The summed E-state index contributed by atoms with van der Waals surface area (Å²) in [5.41, 5.74) is 1.84. The topological polar surface area (TPSA) is 20.3 Å². The molecule has 0 aromatic heterocycles. The first-order valence-electron chi connectivity index (χ1n) is 4.37. The zero-order valence-electron chi connectivity index (χ0n) is 8.29. The zero-order chi connectivity index (χ0) is 9.84. The average Bonchev–Trinajstić information content (AvgIpc) is 2.16. The van der Waals surface area contributed by atoms with Gasteiger partial charge in [0, 0.05) is 19.7 Å². The molecule has 2 nitrogen and oxygen atoms in total.